The zero-order valence-electron chi connectivity index (χ0n) is 8.65. The molecule has 0 amide bonds. The van der Waals surface area contributed by atoms with E-state index in [1.807, 2.05) is 0 Å². The minimum Gasteiger partial charge on any atom is -0.463 e. The molecule has 2 aromatic rings. The topological polar surface area (TPSA) is 107 Å². The van der Waals surface area contributed by atoms with Gasteiger partial charge in [0.05, 0.1) is 15.8 Å². The second kappa shape index (κ2) is 3.44. The van der Waals surface area contributed by atoms with Crippen molar-refractivity contribution in [1.29, 1.82) is 0 Å². The lowest BCUT2D eigenvalue weighted by molar-refractivity contribution is -0.384. The van der Waals surface area contributed by atoms with Crippen LogP contribution in [0.3, 0.4) is 0 Å². The van der Waals surface area contributed by atoms with Gasteiger partial charge in [-0.05, 0) is 6.07 Å². The number of nitro groups is 1. The van der Waals surface area contributed by atoms with Crippen LogP contribution in [0.5, 0.6) is 0 Å². The number of carboxylic acid groups (broad SMARTS) is 1. The van der Waals surface area contributed by atoms with Crippen LogP contribution in [0.2, 0.25) is 0 Å². The highest BCUT2D eigenvalue weighted by Crippen LogP contribution is 2.18. The molecule has 0 bridgehead atoms. The Hall–Kier alpha value is -2.64. The number of hydrogen-bond acceptors (Lipinski definition) is 4. The van der Waals surface area contributed by atoms with E-state index >= 15 is 0 Å². The van der Waals surface area contributed by atoms with Crippen LogP contribution in [-0.2, 0) is 7.05 Å². The quantitative estimate of drug-likeness (QED) is 0.582. The average molecular weight is 237 g/mol. The van der Waals surface area contributed by atoms with E-state index in [1.165, 1.54) is 13.1 Å². The molecule has 1 N–H and O–H groups in total. The van der Waals surface area contributed by atoms with Gasteiger partial charge >= 0.3 is 6.09 Å². The van der Waals surface area contributed by atoms with Gasteiger partial charge in [-0.15, -0.1) is 0 Å². The first kappa shape index (κ1) is 10.9. The van der Waals surface area contributed by atoms with Crippen molar-refractivity contribution in [3.8, 4) is 0 Å². The molecule has 0 unspecified atom stereocenters. The smallest absolute Gasteiger partial charge is 0.431 e. The third-order valence-corrected chi connectivity index (χ3v) is 2.42. The number of hydrogen-bond donors (Lipinski definition) is 1. The number of nitro benzene ring substituents is 1. The fraction of sp³-hybridized carbons (Fsp3) is 0.111. The van der Waals surface area contributed by atoms with E-state index in [-0.39, 0.29) is 16.6 Å². The Morgan fingerprint density at radius 2 is 2.12 bits per heavy atom. The Morgan fingerprint density at radius 1 is 1.47 bits per heavy atom. The van der Waals surface area contributed by atoms with E-state index < -0.39 is 16.6 Å². The Labute approximate surface area is 93.4 Å². The van der Waals surface area contributed by atoms with E-state index in [4.69, 9.17) is 5.11 Å². The zero-order chi connectivity index (χ0) is 12.7. The Bertz CT molecular complexity index is 696. The maximum atomic E-state index is 11.7. The van der Waals surface area contributed by atoms with Crippen LogP contribution in [-0.4, -0.2) is 25.5 Å². The first-order chi connectivity index (χ1) is 7.93. The molecular weight excluding hydrogens is 230 g/mol. The van der Waals surface area contributed by atoms with Crippen LogP contribution >= 0.6 is 0 Å². The average Bonchev–Trinajstić information content (AvgIpc) is 2.51. The number of non-ortho nitro benzene ring substituents is 1. The molecule has 1 heterocycles. The maximum absolute atomic E-state index is 11.7. The first-order valence-electron chi connectivity index (χ1n) is 4.53. The van der Waals surface area contributed by atoms with E-state index in [2.05, 4.69) is 0 Å². The summed E-state index contributed by atoms with van der Waals surface area (Å²) < 4.78 is 1.62. The summed E-state index contributed by atoms with van der Waals surface area (Å²) in [5.74, 6) is 0. The molecule has 88 valence electrons. The zero-order valence-corrected chi connectivity index (χ0v) is 8.65. The molecule has 17 heavy (non-hydrogen) atoms. The lowest BCUT2D eigenvalue weighted by Gasteiger charge is -2.00. The molecule has 0 aliphatic carbocycles. The molecule has 0 radical (unpaired) electrons. The van der Waals surface area contributed by atoms with E-state index in [0.717, 1.165) is 21.5 Å². The molecule has 8 nitrogen and oxygen atoms in total. The maximum Gasteiger partial charge on any atom is 0.431 e. The molecule has 8 heteroatoms. The van der Waals surface area contributed by atoms with Crippen LogP contribution < -0.4 is 5.56 Å². The van der Waals surface area contributed by atoms with Gasteiger partial charge in [0.15, 0.2) is 0 Å². The van der Waals surface area contributed by atoms with Crippen molar-refractivity contribution in [3.05, 3.63) is 38.7 Å². The van der Waals surface area contributed by atoms with Crippen LogP contribution in [0, 0.1) is 10.1 Å². The molecule has 0 fully saturated rings. The van der Waals surface area contributed by atoms with Gasteiger partial charge in [0.2, 0.25) is 0 Å². The molecule has 0 atom stereocenters. The van der Waals surface area contributed by atoms with Gasteiger partial charge in [0, 0.05) is 19.2 Å². The van der Waals surface area contributed by atoms with Gasteiger partial charge in [0.1, 0.15) is 0 Å². The highest BCUT2D eigenvalue weighted by molar-refractivity contribution is 5.88. The fourth-order valence-electron chi connectivity index (χ4n) is 1.65. The minimum absolute atomic E-state index is 0.00380. The minimum atomic E-state index is -1.33. The number of fused-ring (bicyclic) bond motifs is 1. The second-order valence-electron chi connectivity index (χ2n) is 3.38. The lowest BCUT2D eigenvalue weighted by Crippen LogP contribution is -2.23. The van der Waals surface area contributed by atoms with Gasteiger partial charge in [-0.3, -0.25) is 14.9 Å². The van der Waals surface area contributed by atoms with Gasteiger partial charge < -0.3 is 5.11 Å². The SMILES string of the molecule is Cn1c(=O)c2cc([N+](=O)[O-])ccc2n1C(=O)O. The molecule has 2 rings (SSSR count). The standard InChI is InChI=1S/C9H7N3O5/c1-10-8(13)6-4-5(12(16)17)2-3-7(6)11(10)9(14)15/h2-4H,1H3,(H,14,15). The van der Waals surface area contributed by atoms with Crippen molar-refractivity contribution in [2.45, 2.75) is 0 Å². The lowest BCUT2D eigenvalue weighted by atomic mass is 10.2. The number of carbonyl (C=O) groups is 1. The number of nitrogens with zero attached hydrogens (tertiary/aromatic N) is 3. The van der Waals surface area contributed by atoms with Crippen molar-refractivity contribution in [1.82, 2.24) is 9.36 Å². The van der Waals surface area contributed by atoms with Crippen LogP contribution in [0.25, 0.3) is 10.9 Å². The normalized spacial score (nSPS) is 10.6. The molecule has 0 aliphatic heterocycles. The Morgan fingerprint density at radius 3 is 2.65 bits per heavy atom. The van der Waals surface area contributed by atoms with Gasteiger partial charge in [-0.25, -0.2) is 9.48 Å². The van der Waals surface area contributed by atoms with E-state index in [1.54, 1.807) is 0 Å². The van der Waals surface area contributed by atoms with Crippen molar-refractivity contribution >= 4 is 22.7 Å². The summed E-state index contributed by atoms with van der Waals surface area (Å²) in [6.45, 7) is 0. The first-order valence-corrected chi connectivity index (χ1v) is 4.53. The van der Waals surface area contributed by atoms with Crippen LogP contribution in [0.1, 0.15) is 0 Å². The molecule has 0 aliphatic rings. The van der Waals surface area contributed by atoms with Crippen molar-refractivity contribution < 1.29 is 14.8 Å². The molecule has 0 spiro atoms. The number of benzene rings is 1. The van der Waals surface area contributed by atoms with E-state index in [9.17, 15) is 19.7 Å². The summed E-state index contributed by atoms with van der Waals surface area (Å²) in [5, 5.41) is 19.5. The van der Waals surface area contributed by atoms with Gasteiger partial charge in [-0.2, -0.15) is 4.68 Å². The van der Waals surface area contributed by atoms with E-state index in [0.29, 0.717) is 0 Å². The predicted octanol–water partition coefficient (Wildman–Crippen LogP) is 0.774. The number of aromatic nitrogens is 2. The Balaban J connectivity index is 2.90. The molecule has 1 aromatic heterocycles. The number of rotatable bonds is 1. The summed E-state index contributed by atoms with van der Waals surface area (Å²) in [6.07, 6.45) is -1.33. The molecule has 0 saturated heterocycles. The molecule has 1 aromatic carbocycles. The Kier molecular flexibility index (Phi) is 2.20. The van der Waals surface area contributed by atoms with Crippen LogP contribution in [0.4, 0.5) is 10.5 Å². The van der Waals surface area contributed by atoms with Crippen molar-refractivity contribution in [2.75, 3.05) is 0 Å². The monoisotopic (exact) mass is 237 g/mol. The predicted molar refractivity (Wildman–Crippen MR) is 57.3 cm³/mol. The molecule has 0 saturated carbocycles. The molecular formula is C9H7N3O5. The van der Waals surface area contributed by atoms with Crippen molar-refractivity contribution in [3.63, 3.8) is 0 Å². The summed E-state index contributed by atoms with van der Waals surface area (Å²) in [4.78, 5) is 32.5. The van der Waals surface area contributed by atoms with Crippen LogP contribution in [0.15, 0.2) is 23.0 Å². The summed E-state index contributed by atoms with van der Waals surface area (Å²) in [6, 6.07) is 3.46. The third-order valence-electron chi connectivity index (χ3n) is 2.42. The largest absolute Gasteiger partial charge is 0.463 e. The fourth-order valence-corrected chi connectivity index (χ4v) is 1.65. The second-order valence-corrected chi connectivity index (χ2v) is 3.38. The van der Waals surface area contributed by atoms with Gasteiger partial charge in [-0.1, -0.05) is 0 Å². The highest BCUT2D eigenvalue weighted by atomic mass is 16.6. The van der Waals surface area contributed by atoms with Gasteiger partial charge in [0.25, 0.3) is 11.2 Å². The summed E-state index contributed by atoms with van der Waals surface area (Å²) in [5.41, 5.74) is -0.723. The summed E-state index contributed by atoms with van der Waals surface area (Å²) >= 11 is 0. The van der Waals surface area contributed by atoms with Crippen molar-refractivity contribution in [2.24, 2.45) is 7.05 Å². The summed E-state index contributed by atoms with van der Waals surface area (Å²) in [7, 11) is 1.28. The third kappa shape index (κ3) is 1.46. The highest BCUT2D eigenvalue weighted by Gasteiger charge is 2.18.